The number of hydrogen-bond donors (Lipinski definition) is 1. The van der Waals surface area contributed by atoms with Gasteiger partial charge in [0.25, 0.3) is 0 Å². The Morgan fingerprint density at radius 3 is 2.30 bits per heavy atom. The van der Waals surface area contributed by atoms with Gasteiger partial charge < -0.3 is 24.3 Å². The first kappa shape index (κ1) is 29.5. The maximum Gasteiger partial charge on any atom is 0.220 e. The van der Waals surface area contributed by atoms with Crippen molar-refractivity contribution in [2.75, 3.05) is 33.3 Å². The third-order valence-electron chi connectivity index (χ3n) is 8.56. The van der Waals surface area contributed by atoms with Crippen LogP contribution in [0.2, 0.25) is 0 Å². The number of nitrogens with zero attached hydrogens (tertiary/aromatic N) is 2. The van der Waals surface area contributed by atoms with Crippen LogP contribution >= 0.6 is 0 Å². The Bertz CT molecular complexity index is 1660. The van der Waals surface area contributed by atoms with Crippen molar-refractivity contribution in [3.63, 3.8) is 0 Å². The Morgan fingerprint density at radius 2 is 1.55 bits per heavy atom. The van der Waals surface area contributed by atoms with Gasteiger partial charge in [-0.25, -0.2) is 0 Å². The van der Waals surface area contributed by atoms with Crippen molar-refractivity contribution in [2.45, 2.75) is 38.3 Å². The van der Waals surface area contributed by atoms with Crippen LogP contribution in [0.1, 0.15) is 47.4 Å². The van der Waals surface area contributed by atoms with E-state index >= 15 is 0 Å². The molecule has 1 aliphatic heterocycles. The minimum Gasteiger partial charge on any atom is -0.493 e. The van der Waals surface area contributed by atoms with Crippen LogP contribution in [-0.2, 0) is 17.9 Å². The van der Waals surface area contributed by atoms with Crippen molar-refractivity contribution in [1.29, 1.82) is 0 Å². The van der Waals surface area contributed by atoms with E-state index in [9.17, 15) is 4.79 Å². The first-order valence-corrected chi connectivity index (χ1v) is 15.6. The molecule has 6 rings (SSSR count). The zero-order chi connectivity index (χ0) is 30.1. The summed E-state index contributed by atoms with van der Waals surface area (Å²) in [5.74, 6) is 1.22. The molecule has 0 unspecified atom stereocenters. The predicted octanol–water partition coefficient (Wildman–Crippen LogP) is 7.01. The second-order valence-electron chi connectivity index (χ2n) is 11.6. The molecule has 2 heterocycles. The highest BCUT2D eigenvalue weighted by Crippen LogP contribution is 2.39. The second-order valence-corrected chi connectivity index (χ2v) is 11.6. The zero-order valence-electron chi connectivity index (χ0n) is 25.5. The lowest BCUT2D eigenvalue weighted by Crippen LogP contribution is -2.34. The maximum absolute atomic E-state index is 13.5. The van der Waals surface area contributed by atoms with Crippen molar-refractivity contribution < 1.29 is 14.3 Å². The smallest absolute Gasteiger partial charge is 0.220 e. The number of benzene rings is 4. The molecule has 1 amide bonds. The Morgan fingerprint density at radius 1 is 0.841 bits per heavy atom. The summed E-state index contributed by atoms with van der Waals surface area (Å²) in [5, 5.41) is 4.37. The molecule has 4 aromatic carbocycles. The largest absolute Gasteiger partial charge is 0.493 e. The molecule has 0 spiro atoms. The number of carbonyl (C=O) groups excluding carboxylic acids is 1. The van der Waals surface area contributed by atoms with Crippen molar-refractivity contribution in [3.05, 3.63) is 132 Å². The van der Waals surface area contributed by atoms with E-state index in [2.05, 4.69) is 75.6 Å². The van der Waals surface area contributed by atoms with Crippen LogP contribution in [0.15, 0.2) is 109 Å². The number of rotatable bonds is 13. The Labute approximate surface area is 260 Å². The molecule has 5 aromatic rings. The van der Waals surface area contributed by atoms with Gasteiger partial charge in [0.2, 0.25) is 5.91 Å². The molecule has 226 valence electrons. The fourth-order valence-electron chi connectivity index (χ4n) is 6.25. The molecule has 0 radical (unpaired) electrons. The van der Waals surface area contributed by atoms with E-state index in [-0.39, 0.29) is 11.8 Å². The van der Waals surface area contributed by atoms with Crippen molar-refractivity contribution in [2.24, 2.45) is 0 Å². The van der Waals surface area contributed by atoms with Crippen LogP contribution in [0.25, 0.3) is 10.9 Å². The fourth-order valence-corrected chi connectivity index (χ4v) is 6.25. The van der Waals surface area contributed by atoms with Crippen LogP contribution in [0, 0.1) is 0 Å². The molecular weight excluding hydrogens is 546 g/mol. The minimum atomic E-state index is -0.173. The number of aromatic nitrogens is 1. The van der Waals surface area contributed by atoms with Gasteiger partial charge >= 0.3 is 0 Å². The Hall–Kier alpha value is -4.55. The average Bonchev–Trinajstić information content (AvgIpc) is 3.72. The van der Waals surface area contributed by atoms with Crippen LogP contribution < -0.4 is 14.8 Å². The highest BCUT2D eigenvalue weighted by atomic mass is 16.5. The molecule has 0 saturated carbocycles. The van der Waals surface area contributed by atoms with E-state index in [0.29, 0.717) is 31.1 Å². The molecule has 6 heteroatoms. The Kier molecular flexibility index (Phi) is 9.58. The number of ether oxygens (including phenoxy) is 2. The summed E-state index contributed by atoms with van der Waals surface area (Å²) in [5.41, 5.74) is 5.62. The first-order valence-electron chi connectivity index (χ1n) is 15.6. The number of likely N-dealkylation sites (tertiary alicyclic amines) is 1. The van der Waals surface area contributed by atoms with Crippen molar-refractivity contribution in [1.82, 2.24) is 14.8 Å². The molecular formula is C38H41N3O3. The third kappa shape index (κ3) is 7.14. The van der Waals surface area contributed by atoms with Crippen LogP contribution in [0.5, 0.6) is 11.5 Å². The summed E-state index contributed by atoms with van der Waals surface area (Å²) < 4.78 is 14.3. The standard InChI is InChI=1S/C38H41N3O3/c1-43-36-19-18-31(24-37(36)44-28-30-14-6-3-7-15-30)33(25-38(42)39-20-23-40-21-10-11-22-40)34-27-41(26-29-12-4-2-5-13-29)35-17-9-8-16-32(34)35/h2-9,12-19,24,27,33H,10-11,20-23,25-26,28H2,1H3,(H,39,42)/t33-/m0/s1. The minimum absolute atomic E-state index is 0.0525. The van der Waals surface area contributed by atoms with Crippen molar-refractivity contribution in [3.8, 4) is 11.5 Å². The fraction of sp³-hybridized carbons (Fsp3) is 0.289. The molecule has 44 heavy (non-hydrogen) atoms. The number of fused-ring (bicyclic) bond motifs is 1. The van der Waals surface area contributed by atoms with Gasteiger partial charge in [0.15, 0.2) is 11.5 Å². The monoisotopic (exact) mass is 587 g/mol. The molecule has 0 aliphatic carbocycles. The summed E-state index contributed by atoms with van der Waals surface area (Å²) in [6.45, 7) is 4.99. The van der Waals surface area contributed by atoms with E-state index < -0.39 is 0 Å². The first-order chi connectivity index (χ1) is 21.7. The van der Waals surface area contributed by atoms with E-state index in [1.807, 2.05) is 48.5 Å². The number of hydrogen-bond acceptors (Lipinski definition) is 4. The molecule has 1 aromatic heterocycles. The third-order valence-corrected chi connectivity index (χ3v) is 8.56. The summed E-state index contributed by atoms with van der Waals surface area (Å²) in [6.07, 6.45) is 5.06. The number of methoxy groups -OCH3 is 1. The quantitative estimate of drug-likeness (QED) is 0.161. The van der Waals surface area contributed by atoms with Gasteiger partial charge in [-0.15, -0.1) is 0 Å². The van der Waals surface area contributed by atoms with Crippen LogP contribution in [0.3, 0.4) is 0 Å². The highest BCUT2D eigenvalue weighted by Gasteiger charge is 2.24. The van der Waals surface area contributed by atoms with E-state index in [4.69, 9.17) is 9.47 Å². The normalized spacial score (nSPS) is 14.0. The van der Waals surface area contributed by atoms with Gasteiger partial charge in [-0.05, 0) is 66.4 Å². The van der Waals surface area contributed by atoms with Crippen LogP contribution in [0.4, 0.5) is 0 Å². The second kappa shape index (κ2) is 14.3. The molecule has 1 atom stereocenters. The number of amides is 1. The Balaban J connectivity index is 1.33. The SMILES string of the molecule is COc1ccc([C@H](CC(=O)NCCN2CCCC2)c2cn(Cc3ccccc3)c3ccccc23)cc1OCc1ccccc1. The molecule has 1 N–H and O–H groups in total. The topological polar surface area (TPSA) is 55.7 Å². The van der Waals surface area contributed by atoms with Gasteiger partial charge in [0, 0.05) is 49.1 Å². The van der Waals surface area contributed by atoms with E-state index in [0.717, 1.165) is 53.8 Å². The average molecular weight is 588 g/mol. The van der Waals surface area contributed by atoms with Crippen molar-refractivity contribution >= 4 is 16.8 Å². The zero-order valence-corrected chi connectivity index (χ0v) is 25.5. The molecule has 0 bridgehead atoms. The number of nitrogens with one attached hydrogen (secondary N) is 1. The van der Waals surface area contributed by atoms with Gasteiger partial charge in [-0.1, -0.05) is 84.9 Å². The summed E-state index contributed by atoms with van der Waals surface area (Å²) >= 11 is 0. The predicted molar refractivity (Wildman–Crippen MR) is 176 cm³/mol. The van der Waals surface area contributed by atoms with Crippen LogP contribution in [-0.4, -0.2) is 48.7 Å². The lowest BCUT2D eigenvalue weighted by atomic mass is 9.87. The molecule has 1 saturated heterocycles. The van der Waals surface area contributed by atoms with Gasteiger partial charge in [-0.3, -0.25) is 4.79 Å². The lowest BCUT2D eigenvalue weighted by molar-refractivity contribution is -0.121. The molecule has 1 aliphatic rings. The maximum atomic E-state index is 13.5. The van der Waals surface area contributed by atoms with Gasteiger partial charge in [0.1, 0.15) is 6.61 Å². The van der Waals surface area contributed by atoms with Gasteiger partial charge in [-0.2, -0.15) is 0 Å². The summed E-state index contributed by atoms with van der Waals surface area (Å²) in [7, 11) is 1.66. The summed E-state index contributed by atoms with van der Waals surface area (Å²) in [4.78, 5) is 16.0. The molecule has 1 fully saturated rings. The number of para-hydroxylation sites is 1. The van der Waals surface area contributed by atoms with Gasteiger partial charge in [0.05, 0.1) is 7.11 Å². The lowest BCUT2D eigenvalue weighted by Gasteiger charge is -2.20. The van der Waals surface area contributed by atoms with E-state index in [1.54, 1.807) is 7.11 Å². The number of carbonyl (C=O) groups is 1. The summed E-state index contributed by atoms with van der Waals surface area (Å²) in [6, 6.07) is 35.2. The molecule has 6 nitrogen and oxygen atoms in total. The highest BCUT2D eigenvalue weighted by molar-refractivity contribution is 5.87. The van der Waals surface area contributed by atoms with E-state index in [1.165, 1.54) is 18.4 Å².